The van der Waals surface area contributed by atoms with Gasteiger partial charge in [0.15, 0.2) is 0 Å². The minimum absolute atomic E-state index is 0.0206. The van der Waals surface area contributed by atoms with Crippen molar-refractivity contribution in [2.45, 2.75) is 13.0 Å². The van der Waals surface area contributed by atoms with Crippen molar-refractivity contribution in [2.24, 2.45) is 0 Å². The molecule has 13 heavy (non-hydrogen) atoms. The summed E-state index contributed by atoms with van der Waals surface area (Å²) < 4.78 is 6.29. The molecule has 68 valence electrons. The highest BCUT2D eigenvalue weighted by Crippen LogP contribution is 2.18. The number of benzene rings is 1. The maximum Gasteiger partial charge on any atom is 0.134 e. The maximum absolute atomic E-state index is 8.32. The van der Waals surface area contributed by atoms with Crippen molar-refractivity contribution in [2.75, 3.05) is 6.61 Å². The zero-order valence-corrected chi connectivity index (χ0v) is 8.91. The van der Waals surface area contributed by atoms with Crippen molar-refractivity contribution >= 4 is 15.9 Å². The molecule has 0 heterocycles. The van der Waals surface area contributed by atoms with Crippen LogP contribution in [0, 0.1) is 11.3 Å². The Bertz CT molecular complexity index is 302. The molecule has 0 spiro atoms. The molecule has 0 aliphatic rings. The fourth-order valence-electron chi connectivity index (χ4n) is 0.992. The summed E-state index contributed by atoms with van der Waals surface area (Å²) in [5, 5.41) is 8.32. The van der Waals surface area contributed by atoms with Crippen molar-refractivity contribution in [3.63, 3.8) is 0 Å². The summed E-state index contributed by atoms with van der Waals surface area (Å²) in [5.74, 6) is 0. The molecule has 0 radical (unpaired) electrons. The molecule has 0 aliphatic carbocycles. The van der Waals surface area contributed by atoms with Gasteiger partial charge in [-0.25, -0.2) is 0 Å². The van der Waals surface area contributed by atoms with Crippen LogP contribution in [-0.4, -0.2) is 6.61 Å². The van der Waals surface area contributed by atoms with E-state index in [4.69, 9.17) is 10.00 Å². The number of halogens is 1. The molecule has 1 atom stereocenters. The third-order valence-corrected chi connectivity index (χ3v) is 2.27. The summed E-state index contributed by atoms with van der Waals surface area (Å²) in [6, 6.07) is 9.82. The number of nitriles is 1. The fraction of sp³-hybridized carbons (Fsp3) is 0.300. The van der Waals surface area contributed by atoms with E-state index in [1.165, 1.54) is 0 Å². The van der Waals surface area contributed by atoms with E-state index < -0.39 is 0 Å². The van der Waals surface area contributed by atoms with Gasteiger partial charge in [0.05, 0.1) is 12.2 Å². The normalized spacial score (nSPS) is 12.1. The van der Waals surface area contributed by atoms with Crippen LogP contribution >= 0.6 is 15.9 Å². The molecule has 1 rings (SSSR count). The zero-order valence-electron chi connectivity index (χ0n) is 7.33. The van der Waals surface area contributed by atoms with Crippen molar-refractivity contribution in [1.82, 2.24) is 0 Å². The minimum Gasteiger partial charge on any atom is -0.359 e. The second-order valence-corrected chi connectivity index (χ2v) is 3.58. The van der Waals surface area contributed by atoms with Gasteiger partial charge in [0.2, 0.25) is 0 Å². The monoisotopic (exact) mass is 239 g/mol. The Labute approximate surface area is 86.3 Å². The summed E-state index contributed by atoms with van der Waals surface area (Å²) in [6.07, 6.45) is -0.0206. The van der Waals surface area contributed by atoms with Crippen LogP contribution in [0.15, 0.2) is 28.7 Å². The van der Waals surface area contributed by atoms with E-state index in [2.05, 4.69) is 15.9 Å². The summed E-state index contributed by atoms with van der Waals surface area (Å²) in [4.78, 5) is 0. The Kier molecular flexibility index (Phi) is 3.94. The lowest BCUT2D eigenvalue weighted by molar-refractivity contribution is 0.0917. The molecule has 1 aromatic carbocycles. The van der Waals surface area contributed by atoms with Gasteiger partial charge in [0, 0.05) is 4.47 Å². The fourth-order valence-corrected chi connectivity index (χ4v) is 1.26. The molecule has 0 bridgehead atoms. The van der Waals surface area contributed by atoms with Crippen molar-refractivity contribution in [3.8, 4) is 6.07 Å². The van der Waals surface area contributed by atoms with Crippen molar-refractivity contribution in [1.29, 1.82) is 5.26 Å². The highest BCUT2D eigenvalue weighted by molar-refractivity contribution is 9.10. The number of nitrogens with zero attached hydrogens (tertiary/aromatic N) is 1. The quantitative estimate of drug-likeness (QED) is 0.813. The lowest BCUT2D eigenvalue weighted by atomic mass is 10.1. The lowest BCUT2D eigenvalue weighted by Crippen LogP contribution is -1.99. The van der Waals surface area contributed by atoms with E-state index in [-0.39, 0.29) is 12.7 Å². The molecule has 0 saturated carbocycles. The Morgan fingerprint density at radius 1 is 1.46 bits per heavy atom. The first-order chi connectivity index (χ1) is 6.24. The predicted octanol–water partition coefficient (Wildman–Crippen LogP) is 3.05. The Morgan fingerprint density at radius 2 is 2.08 bits per heavy atom. The smallest absolute Gasteiger partial charge is 0.134 e. The summed E-state index contributed by atoms with van der Waals surface area (Å²) in [5.41, 5.74) is 1.08. The van der Waals surface area contributed by atoms with Gasteiger partial charge in [-0.05, 0) is 24.6 Å². The highest BCUT2D eigenvalue weighted by atomic mass is 79.9. The molecule has 1 unspecified atom stereocenters. The first-order valence-electron chi connectivity index (χ1n) is 3.98. The Morgan fingerprint density at radius 3 is 2.62 bits per heavy atom. The van der Waals surface area contributed by atoms with Crippen LogP contribution in [0.25, 0.3) is 0 Å². The molecular formula is C10H10BrNO. The van der Waals surface area contributed by atoms with E-state index in [1.54, 1.807) is 0 Å². The molecule has 0 aromatic heterocycles. The molecule has 0 N–H and O–H groups in total. The van der Waals surface area contributed by atoms with Crippen molar-refractivity contribution in [3.05, 3.63) is 34.3 Å². The van der Waals surface area contributed by atoms with Crippen LogP contribution in [0.4, 0.5) is 0 Å². The largest absolute Gasteiger partial charge is 0.359 e. The summed E-state index contributed by atoms with van der Waals surface area (Å²) in [7, 11) is 0. The van der Waals surface area contributed by atoms with Gasteiger partial charge in [-0.1, -0.05) is 28.1 Å². The van der Waals surface area contributed by atoms with Crippen LogP contribution in [0.1, 0.15) is 18.6 Å². The Balaban J connectivity index is 2.62. The van der Waals surface area contributed by atoms with Crippen LogP contribution in [-0.2, 0) is 4.74 Å². The van der Waals surface area contributed by atoms with Gasteiger partial charge in [0.1, 0.15) is 6.61 Å². The maximum atomic E-state index is 8.32. The molecule has 3 heteroatoms. The van der Waals surface area contributed by atoms with Gasteiger partial charge in [-0.2, -0.15) is 5.26 Å². The third-order valence-electron chi connectivity index (χ3n) is 1.74. The molecule has 0 amide bonds. The van der Waals surface area contributed by atoms with Crippen LogP contribution < -0.4 is 0 Å². The second kappa shape index (κ2) is 5.00. The number of hydrogen-bond donors (Lipinski definition) is 0. The van der Waals surface area contributed by atoms with Crippen LogP contribution in [0.2, 0.25) is 0 Å². The predicted molar refractivity (Wildman–Crippen MR) is 54.1 cm³/mol. The van der Waals surface area contributed by atoms with E-state index in [9.17, 15) is 0 Å². The first-order valence-corrected chi connectivity index (χ1v) is 4.77. The van der Waals surface area contributed by atoms with Crippen molar-refractivity contribution < 1.29 is 4.74 Å². The summed E-state index contributed by atoms with van der Waals surface area (Å²) >= 11 is 3.35. The average molecular weight is 240 g/mol. The topological polar surface area (TPSA) is 33.0 Å². The highest BCUT2D eigenvalue weighted by Gasteiger charge is 2.03. The second-order valence-electron chi connectivity index (χ2n) is 2.66. The van der Waals surface area contributed by atoms with Crippen LogP contribution in [0.3, 0.4) is 0 Å². The number of hydrogen-bond acceptors (Lipinski definition) is 2. The standard InChI is InChI=1S/C10H10BrNO/c1-8(13-7-6-12)9-2-4-10(11)5-3-9/h2-5,8H,7H2,1H3. The molecule has 1 aromatic rings. The van der Waals surface area contributed by atoms with Gasteiger partial charge < -0.3 is 4.74 Å². The minimum atomic E-state index is -0.0206. The molecule has 0 fully saturated rings. The average Bonchev–Trinajstić information content (AvgIpc) is 2.15. The SMILES string of the molecule is CC(OCC#N)c1ccc(Br)cc1. The third kappa shape index (κ3) is 3.17. The van der Waals surface area contributed by atoms with Gasteiger partial charge >= 0.3 is 0 Å². The van der Waals surface area contributed by atoms with Gasteiger partial charge in [0.25, 0.3) is 0 Å². The molecule has 0 saturated heterocycles. The van der Waals surface area contributed by atoms with E-state index in [0.717, 1.165) is 10.0 Å². The van der Waals surface area contributed by atoms with E-state index >= 15 is 0 Å². The van der Waals surface area contributed by atoms with Crippen LogP contribution in [0.5, 0.6) is 0 Å². The van der Waals surface area contributed by atoms with E-state index in [0.29, 0.717) is 0 Å². The molecular weight excluding hydrogens is 230 g/mol. The molecule has 0 aliphatic heterocycles. The molecule has 2 nitrogen and oxygen atoms in total. The number of ether oxygens (including phenoxy) is 1. The zero-order chi connectivity index (χ0) is 9.68. The number of rotatable bonds is 3. The summed E-state index contributed by atoms with van der Waals surface area (Å²) in [6.45, 7) is 2.07. The van der Waals surface area contributed by atoms with Gasteiger partial charge in [-0.15, -0.1) is 0 Å². The van der Waals surface area contributed by atoms with E-state index in [1.807, 2.05) is 37.3 Å². The lowest BCUT2D eigenvalue weighted by Gasteiger charge is -2.10. The first kappa shape index (κ1) is 10.2. The Hall–Kier alpha value is -0.850. The van der Waals surface area contributed by atoms with Gasteiger partial charge in [-0.3, -0.25) is 0 Å².